The Kier molecular flexibility index (Phi) is 4.30. The first-order chi connectivity index (χ1) is 13.0. The van der Waals surface area contributed by atoms with Gasteiger partial charge in [-0.15, -0.1) is 0 Å². The van der Waals surface area contributed by atoms with Crippen molar-refractivity contribution in [2.24, 2.45) is 7.05 Å². The van der Waals surface area contributed by atoms with Crippen molar-refractivity contribution in [1.82, 2.24) is 19.7 Å². The van der Waals surface area contributed by atoms with E-state index in [4.69, 9.17) is 4.52 Å². The standard InChI is InChI=1S/C17H17FN6O3/c1-22-10-19-15(24(25)26)17(22)23-7-3-5-12(9-23)16-20-14(21-27-16)11-4-2-6-13(18)8-11/h2,4,6,8,10,12H,3,5,7,9H2,1H3. The molecule has 1 saturated heterocycles. The average Bonchev–Trinajstić information content (AvgIpc) is 3.29. The number of benzene rings is 1. The van der Waals surface area contributed by atoms with Crippen LogP contribution in [0.25, 0.3) is 11.4 Å². The summed E-state index contributed by atoms with van der Waals surface area (Å²) in [6.45, 7) is 1.19. The molecular weight excluding hydrogens is 355 g/mol. The summed E-state index contributed by atoms with van der Waals surface area (Å²) in [6, 6.07) is 6.00. The quantitative estimate of drug-likeness (QED) is 0.512. The fraction of sp³-hybridized carbons (Fsp3) is 0.353. The maximum atomic E-state index is 13.4. The van der Waals surface area contributed by atoms with E-state index in [-0.39, 0.29) is 17.6 Å². The van der Waals surface area contributed by atoms with Crippen molar-refractivity contribution < 1.29 is 13.8 Å². The Morgan fingerprint density at radius 1 is 1.41 bits per heavy atom. The zero-order valence-corrected chi connectivity index (χ0v) is 14.6. The Balaban J connectivity index is 1.58. The van der Waals surface area contributed by atoms with E-state index in [9.17, 15) is 14.5 Å². The number of hydrogen-bond donors (Lipinski definition) is 0. The van der Waals surface area contributed by atoms with Gasteiger partial charge in [-0.05, 0) is 34.9 Å². The van der Waals surface area contributed by atoms with Gasteiger partial charge in [0, 0.05) is 25.7 Å². The summed E-state index contributed by atoms with van der Waals surface area (Å²) in [4.78, 5) is 21.0. The number of anilines is 1. The number of rotatable bonds is 4. The third kappa shape index (κ3) is 3.25. The van der Waals surface area contributed by atoms with E-state index in [1.54, 1.807) is 23.7 Å². The Bertz CT molecular complexity index is 985. The first-order valence-corrected chi connectivity index (χ1v) is 8.53. The zero-order valence-electron chi connectivity index (χ0n) is 14.6. The molecule has 0 N–H and O–H groups in total. The van der Waals surface area contributed by atoms with Crippen LogP contribution in [0.2, 0.25) is 0 Å². The van der Waals surface area contributed by atoms with Crippen LogP contribution in [0.1, 0.15) is 24.7 Å². The van der Waals surface area contributed by atoms with Gasteiger partial charge in [-0.2, -0.15) is 4.98 Å². The van der Waals surface area contributed by atoms with E-state index in [0.717, 1.165) is 12.8 Å². The molecule has 2 aromatic heterocycles. The molecule has 0 amide bonds. The lowest BCUT2D eigenvalue weighted by molar-refractivity contribution is -0.388. The van der Waals surface area contributed by atoms with E-state index in [1.165, 1.54) is 18.5 Å². The SMILES string of the molecule is Cn1cnc([N+](=O)[O-])c1N1CCCC(c2nc(-c3cccc(F)c3)no2)C1. The number of nitrogens with zero attached hydrogens (tertiary/aromatic N) is 6. The lowest BCUT2D eigenvalue weighted by atomic mass is 9.98. The summed E-state index contributed by atoms with van der Waals surface area (Å²) in [6.07, 6.45) is 3.09. The van der Waals surface area contributed by atoms with Crippen LogP contribution in [0.3, 0.4) is 0 Å². The van der Waals surface area contributed by atoms with Gasteiger partial charge in [0.05, 0.1) is 5.92 Å². The van der Waals surface area contributed by atoms with E-state index >= 15 is 0 Å². The van der Waals surface area contributed by atoms with Crippen molar-refractivity contribution >= 4 is 11.6 Å². The molecule has 1 aliphatic heterocycles. The van der Waals surface area contributed by atoms with Crippen molar-refractivity contribution in [2.75, 3.05) is 18.0 Å². The monoisotopic (exact) mass is 372 g/mol. The fourth-order valence-corrected chi connectivity index (χ4v) is 3.42. The van der Waals surface area contributed by atoms with Crippen LogP contribution in [-0.4, -0.2) is 37.7 Å². The third-order valence-electron chi connectivity index (χ3n) is 4.65. The molecule has 1 atom stereocenters. The molecule has 3 aromatic rings. The topological polar surface area (TPSA) is 103 Å². The van der Waals surface area contributed by atoms with Gasteiger partial charge in [-0.1, -0.05) is 17.3 Å². The summed E-state index contributed by atoms with van der Waals surface area (Å²) in [7, 11) is 1.73. The van der Waals surface area contributed by atoms with E-state index in [1.807, 2.05) is 4.90 Å². The fourth-order valence-electron chi connectivity index (χ4n) is 3.42. The first-order valence-electron chi connectivity index (χ1n) is 8.53. The van der Waals surface area contributed by atoms with Crippen LogP contribution < -0.4 is 4.90 Å². The van der Waals surface area contributed by atoms with E-state index < -0.39 is 4.92 Å². The van der Waals surface area contributed by atoms with Gasteiger partial charge in [-0.25, -0.2) is 4.39 Å². The van der Waals surface area contributed by atoms with Gasteiger partial charge < -0.3 is 19.5 Å². The van der Waals surface area contributed by atoms with Crippen molar-refractivity contribution in [1.29, 1.82) is 0 Å². The molecule has 0 radical (unpaired) electrons. The van der Waals surface area contributed by atoms with Gasteiger partial charge in [-0.3, -0.25) is 4.57 Å². The molecule has 0 aliphatic carbocycles. The van der Waals surface area contributed by atoms with Crippen LogP contribution in [0.15, 0.2) is 35.1 Å². The zero-order chi connectivity index (χ0) is 19.0. The summed E-state index contributed by atoms with van der Waals surface area (Å²) < 4.78 is 20.5. The van der Waals surface area contributed by atoms with Gasteiger partial charge in [0.1, 0.15) is 5.82 Å². The van der Waals surface area contributed by atoms with Gasteiger partial charge >= 0.3 is 5.82 Å². The molecular formula is C17H17FN6O3. The number of nitro groups is 1. The minimum absolute atomic E-state index is 0.0666. The predicted molar refractivity (Wildman–Crippen MR) is 93.7 cm³/mol. The summed E-state index contributed by atoms with van der Waals surface area (Å²) in [5.74, 6) is 0.643. The molecule has 0 saturated carbocycles. The molecule has 4 rings (SSSR count). The largest absolute Gasteiger partial charge is 0.406 e. The molecule has 9 nitrogen and oxygen atoms in total. The molecule has 1 aliphatic rings. The van der Waals surface area contributed by atoms with Crippen LogP contribution in [0.4, 0.5) is 16.0 Å². The normalized spacial score (nSPS) is 17.3. The highest BCUT2D eigenvalue weighted by atomic mass is 19.1. The Morgan fingerprint density at radius 2 is 2.26 bits per heavy atom. The maximum absolute atomic E-state index is 13.4. The van der Waals surface area contributed by atoms with Crippen molar-refractivity contribution in [3.8, 4) is 11.4 Å². The minimum atomic E-state index is -0.478. The number of aryl methyl sites for hydroxylation is 1. The Morgan fingerprint density at radius 3 is 3.04 bits per heavy atom. The van der Waals surface area contributed by atoms with Crippen molar-refractivity contribution in [2.45, 2.75) is 18.8 Å². The van der Waals surface area contributed by atoms with Gasteiger partial charge in [0.15, 0.2) is 0 Å². The second-order valence-corrected chi connectivity index (χ2v) is 6.51. The Labute approximate surface area is 153 Å². The maximum Gasteiger partial charge on any atom is 0.406 e. The van der Waals surface area contributed by atoms with Crippen molar-refractivity contribution in [3.05, 3.63) is 52.4 Å². The number of piperidine rings is 1. The van der Waals surface area contributed by atoms with Gasteiger partial charge in [0.2, 0.25) is 23.9 Å². The molecule has 10 heteroatoms. The van der Waals surface area contributed by atoms with E-state index in [2.05, 4.69) is 15.1 Å². The lowest BCUT2D eigenvalue weighted by Crippen LogP contribution is -2.36. The highest BCUT2D eigenvalue weighted by Gasteiger charge is 2.32. The Hall–Kier alpha value is -3.30. The second-order valence-electron chi connectivity index (χ2n) is 6.51. The predicted octanol–water partition coefficient (Wildman–Crippen LogP) is 2.90. The van der Waals surface area contributed by atoms with Crippen LogP contribution in [0, 0.1) is 15.9 Å². The van der Waals surface area contributed by atoms with Crippen LogP contribution >= 0.6 is 0 Å². The van der Waals surface area contributed by atoms with Crippen LogP contribution in [0.5, 0.6) is 0 Å². The summed E-state index contributed by atoms with van der Waals surface area (Å²) >= 11 is 0. The molecule has 1 aromatic carbocycles. The molecule has 140 valence electrons. The third-order valence-corrected chi connectivity index (χ3v) is 4.65. The van der Waals surface area contributed by atoms with E-state index in [0.29, 0.717) is 36.2 Å². The summed E-state index contributed by atoms with van der Waals surface area (Å²) in [5.41, 5.74) is 0.542. The highest BCUT2D eigenvalue weighted by Crippen LogP contribution is 2.33. The van der Waals surface area contributed by atoms with Crippen LogP contribution in [-0.2, 0) is 7.05 Å². The average molecular weight is 372 g/mol. The molecule has 1 unspecified atom stereocenters. The first kappa shape index (κ1) is 17.1. The second kappa shape index (κ2) is 6.78. The lowest BCUT2D eigenvalue weighted by Gasteiger charge is -2.31. The number of imidazole rings is 1. The van der Waals surface area contributed by atoms with Crippen molar-refractivity contribution in [3.63, 3.8) is 0 Å². The molecule has 1 fully saturated rings. The highest BCUT2D eigenvalue weighted by molar-refractivity contribution is 5.56. The smallest absolute Gasteiger partial charge is 0.358 e. The molecule has 27 heavy (non-hydrogen) atoms. The number of hydrogen-bond acceptors (Lipinski definition) is 7. The molecule has 3 heterocycles. The van der Waals surface area contributed by atoms with Gasteiger partial charge in [0.25, 0.3) is 0 Å². The molecule has 0 bridgehead atoms. The minimum Gasteiger partial charge on any atom is -0.358 e. The molecule has 0 spiro atoms. The number of aromatic nitrogens is 4. The number of halogens is 1. The summed E-state index contributed by atoms with van der Waals surface area (Å²) in [5, 5.41) is 15.2.